The van der Waals surface area contributed by atoms with E-state index >= 15 is 0 Å². The fourth-order valence-corrected chi connectivity index (χ4v) is 2.66. The van der Waals surface area contributed by atoms with Gasteiger partial charge in [-0.25, -0.2) is 0 Å². The Balaban J connectivity index is 0. The van der Waals surface area contributed by atoms with Crippen molar-refractivity contribution in [1.29, 1.82) is 0 Å². The predicted molar refractivity (Wildman–Crippen MR) is 133 cm³/mol. The van der Waals surface area contributed by atoms with Crippen molar-refractivity contribution in [1.82, 2.24) is 0 Å². The molecule has 1 heteroatoms. The van der Waals surface area contributed by atoms with Crippen LogP contribution < -0.4 is 0 Å². The van der Waals surface area contributed by atoms with E-state index in [9.17, 15) is 0 Å². The summed E-state index contributed by atoms with van der Waals surface area (Å²) in [6.07, 6.45) is 12.1. The first-order valence-corrected chi connectivity index (χ1v) is 10.9. The molecule has 0 aromatic heterocycles. The van der Waals surface area contributed by atoms with Gasteiger partial charge < -0.3 is 4.74 Å². The highest BCUT2D eigenvalue weighted by atomic mass is 16.4. The summed E-state index contributed by atoms with van der Waals surface area (Å²) < 4.78 is 4.25. The van der Waals surface area contributed by atoms with Gasteiger partial charge in [0.05, 0.1) is 0 Å². The molecule has 0 heterocycles. The molecule has 0 bridgehead atoms. The Morgan fingerprint density at radius 3 is 1.48 bits per heavy atom. The van der Waals surface area contributed by atoms with E-state index in [1.165, 1.54) is 16.7 Å². The summed E-state index contributed by atoms with van der Waals surface area (Å²) in [5.41, 5.74) is 4.02. The van der Waals surface area contributed by atoms with Crippen molar-refractivity contribution in [2.24, 2.45) is 0 Å². The highest BCUT2D eigenvalue weighted by Crippen LogP contribution is 2.33. The molecule has 2 aromatic rings. The van der Waals surface area contributed by atoms with Gasteiger partial charge in [-0.05, 0) is 23.1 Å². The number of benzene rings is 2. The lowest BCUT2D eigenvalue weighted by Gasteiger charge is -2.19. The average molecular weight is 395 g/mol. The zero-order valence-electron chi connectivity index (χ0n) is 19.9. The Morgan fingerprint density at radius 1 is 0.655 bits per heavy atom. The number of methoxy groups -OCH3 is 1. The summed E-state index contributed by atoms with van der Waals surface area (Å²) >= 11 is 0. The Hall–Kier alpha value is -2.38. The van der Waals surface area contributed by atoms with Crippen molar-refractivity contribution >= 4 is 0 Å². The molecule has 0 saturated carbocycles. The third kappa shape index (κ3) is 11.9. The van der Waals surface area contributed by atoms with Crippen LogP contribution in [0.2, 0.25) is 0 Å². The van der Waals surface area contributed by atoms with Crippen molar-refractivity contribution in [2.75, 3.05) is 14.2 Å². The summed E-state index contributed by atoms with van der Waals surface area (Å²) in [5, 5.41) is 0. The second-order valence-electron chi connectivity index (χ2n) is 5.40. The lowest BCUT2D eigenvalue weighted by molar-refractivity contribution is 0.277. The first kappa shape index (κ1) is 28.8. The van der Waals surface area contributed by atoms with Crippen LogP contribution in [0.4, 0.5) is 0 Å². The third-order valence-electron chi connectivity index (χ3n) is 3.61. The largest absolute Gasteiger partial charge is 0.388 e. The molecule has 0 saturated heterocycles. The molecule has 0 atom stereocenters. The normalized spacial score (nSPS) is 11.0. The van der Waals surface area contributed by atoms with E-state index in [4.69, 9.17) is 0 Å². The lowest BCUT2D eigenvalue weighted by atomic mass is 9.84. The molecule has 0 aliphatic heterocycles. The van der Waals surface area contributed by atoms with E-state index < -0.39 is 0 Å². The summed E-state index contributed by atoms with van der Waals surface area (Å²) in [6, 6.07) is 21.4. The summed E-state index contributed by atoms with van der Waals surface area (Å²) in [7, 11) is 3.25. The van der Waals surface area contributed by atoms with Gasteiger partial charge in [-0.3, -0.25) is 0 Å². The minimum absolute atomic E-state index is 0.302. The van der Waals surface area contributed by atoms with Crippen LogP contribution in [0, 0.1) is 0 Å². The maximum Gasteiger partial charge on any atom is 0.0351 e. The minimum Gasteiger partial charge on any atom is -0.388 e. The van der Waals surface area contributed by atoms with Crippen LogP contribution in [0.25, 0.3) is 0 Å². The zero-order chi connectivity index (χ0) is 22.3. The van der Waals surface area contributed by atoms with Gasteiger partial charge in [0.1, 0.15) is 0 Å². The maximum absolute atomic E-state index is 4.25. The molecule has 1 aliphatic carbocycles. The van der Waals surface area contributed by atoms with Gasteiger partial charge in [0, 0.05) is 20.1 Å². The monoisotopic (exact) mass is 394 g/mol. The minimum atomic E-state index is 0.302. The van der Waals surface area contributed by atoms with Crippen molar-refractivity contribution in [3.63, 3.8) is 0 Å². The molecule has 3 rings (SSSR count). The van der Waals surface area contributed by atoms with Crippen LogP contribution in [-0.2, 0) is 4.74 Å². The first-order chi connectivity index (χ1) is 14.4. The van der Waals surface area contributed by atoms with Crippen LogP contribution in [0.3, 0.4) is 0 Å². The van der Waals surface area contributed by atoms with Gasteiger partial charge in [-0.2, -0.15) is 0 Å². The molecule has 2 aromatic carbocycles. The van der Waals surface area contributed by atoms with E-state index in [-0.39, 0.29) is 0 Å². The van der Waals surface area contributed by atoms with Crippen LogP contribution in [0.15, 0.2) is 96.6 Å². The second kappa shape index (κ2) is 21.9. The molecule has 0 N–H and O–H groups in total. The van der Waals surface area contributed by atoms with Gasteiger partial charge in [-0.15, -0.1) is 0 Å². The summed E-state index contributed by atoms with van der Waals surface area (Å²) in [6.45, 7) is 12.0. The van der Waals surface area contributed by atoms with Crippen LogP contribution in [0.1, 0.15) is 65.0 Å². The molecule has 29 heavy (non-hydrogen) atoms. The Kier molecular flexibility index (Phi) is 21.8. The van der Waals surface area contributed by atoms with E-state index in [0.29, 0.717) is 5.92 Å². The number of hydrogen-bond acceptors (Lipinski definition) is 1. The summed E-state index contributed by atoms with van der Waals surface area (Å²) in [4.78, 5) is 0. The van der Waals surface area contributed by atoms with Crippen LogP contribution in [-0.4, -0.2) is 14.2 Å². The molecule has 0 amide bonds. The fourth-order valence-electron chi connectivity index (χ4n) is 2.66. The zero-order valence-corrected chi connectivity index (χ0v) is 19.9. The number of ether oxygens (including phenoxy) is 1. The third-order valence-corrected chi connectivity index (χ3v) is 3.61. The molecule has 1 aliphatic rings. The molecule has 0 unspecified atom stereocenters. The predicted octanol–water partition coefficient (Wildman–Crippen LogP) is 8.60. The smallest absolute Gasteiger partial charge is 0.0351 e. The molecular weight excluding hydrogens is 352 g/mol. The van der Waals surface area contributed by atoms with Gasteiger partial charge in [0.25, 0.3) is 0 Å². The van der Waals surface area contributed by atoms with Gasteiger partial charge in [0.15, 0.2) is 0 Å². The van der Waals surface area contributed by atoms with Crippen molar-refractivity contribution in [3.05, 3.63) is 108 Å². The Bertz CT molecular complexity index is 612. The number of hydrogen-bond donors (Lipinski definition) is 0. The fraction of sp³-hybridized carbons (Fsp3) is 0.357. The Labute approximate surface area is 180 Å². The van der Waals surface area contributed by atoms with E-state index in [1.807, 2.05) is 41.5 Å². The molecule has 0 radical (unpaired) electrons. The van der Waals surface area contributed by atoms with Gasteiger partial charge >= 0.3 is 0 Å². The SMILES string of the molecule is C1=CCC=CC(C(c2ccccc2)c2ccccc2)=C1.CC.CC.CC.COC. The number of rotatable bonds is 3. The van der Waals surface area contributed by atoms with Crippen LogP contribution in [0.5, 0.6) is 0 Å². The van der Waals surface area contributed by atoms with E-state index in [2.05, 4.69) is 95.8 Å². The van der Waals surface area contributed by atoms with E-state index in [0.717, 1.165) is 6.42 Å². The average Bonchev–Trinajstić information content (AvgIpc) is 3.10. The highest BCUT2D eigenvalue weighted by molar-refractivity contribution is 5.46. The Morgan fingerprint density at radius 2 is 1.07 bits per heavy atom. The topological polar surface area (TPSA) is 9.23 Å². The molecule has 0 spiro atoms. The van der Waals surface area contributed by atoms with Gasteiger partial charge in [0.2, 0.25) is 0 Å². The van der Waals surface area contributed by atoms with Crippen molar-refractivity contribution in [2.45, 2.75) is 53.9 Å². The van der Waals surface area contributed by atoms with Crippen molar-refractivity contribution in [3.8, 4) is 0 Å². The first-order valence-electron chi connectivity index (χ1n) is 10.9. The quantitative estimate of drug-likeness (QED) is 0.506. The van der Waals surface area contributed by atoms with Crippen LogP contribution >= 0.6 is 0 Å². The molecule has 160 valence electrons. The van der Waals surface area contributed by atoms with Crippen molar-refractivity contribution < 1.29 is 4.74 Å². The number of allylic oxidation sites excluding steroid dienone is 6. The second-order valence-corrected chi connectivity index (χ2v) is 5.40. The molecule has 0 fully saturated rings. The standard InChI is InChI=1S/C20H18.C2H6O.3C2H6/c1-2-6-12-17(11-5-1)20(18-13-7-3-8-14-18)19-15-9-4-10-16-19;1-3-2;3*1-2/h1,3-16,20H,2H2;1-2H3;3*1-2H3. The molecular formula is C28H42O. The molecule has 1 nitrogen and oxygen atoms in total. The summed E-state index contributed by atoms with van der Waals surface area (Å²) in [5.74, 6) is 0.302. The van der Waals surface area contributed by atoms with E-state index in [1.54, 1.807) is 14.2 Å². The highest BCUT2D eigenvalue weighted by Gasteiger charge is 2.16. The lowest BCUT2D eigenvalue weighted by Crippen LogP contribution is -2.03. The van der Waals surface area contributed by atoms with Gasteiger partial charge in [-0.1, -0.05) is 133 Å². The maximum atomic E-state index is 4.25.